The van der Waals surface area contributed by atoms with Gasteiger partial charge in [-0.25, -0.2) is 0 Å². The highest BCUT2D eigenvalue weighted by Crippen LogP contribution is 2.38. The van der Waals surface area contributed by atoms with Gasteiger partial charge in [-0.2, -0.15) is 0 Å². The molecule has 1 aliphatic rings. The van der Waals surface area contributed by atoms with Crippen LogP contribution in [-0.2, 0) is 6.54 Å². The Balaban J connectivity index is 1.89. The quantitative estimate of drug-likeness (QED) is 0.812. The van der Waals surface area contributed by atoms with Crippen LogP contribution in [0, 0.1) is 0 Å². The number of rotatable bonds is 6. The topological polar surface area (TPSA) is 33.7 Å². The van der Waals surface area contributed by atoms with Gasteiger partial charge in [0.15, 0.2) is 11.5 Å². The van der Waals surface area contributed by atoms with Gasteiger partial charge in [0.2, 0.25) is 0 Å². The van der Waals surface area contributed by atoms with Crippen LogP contribution in [0.15, 0.2) is 12.1 Å². The molecule has 0 radical (unpaired) electrons. The van der Waals surface area contributed by atoms with Gasteiger partial charge in [0.05, 0.1) is 5.02 Å². The van der Waals surface area contributed by atoms with Crippen LogP contribution in [0.4, 0.5) is 0 Å². The van der Waals surface area contributed by atoms with Crippen molar-refractivity contribution in [1.82, 2.24) is 10.2 Å². The third-order valence-corrected chi connectivity index (χ3v) is 3.48. The zero-order valence-corrected chi connectivity index (χ0v) is 12.3. The fraction of sp³-hybridized carbons (Fsp3) is 0.571. The molecule has 2 rings (SSSR count). The first-order valence-electron chi connectivity index (χ1n) is 6.68. The van der Waals surface area contributed by atoms with Crippen LogP contribution >= 0.6 is 11.6 Å². The fourth-order valence-electron chi connectivity index (χ4n) is 1.93. The Morgan fingerprint density at radius 2 is 2.11 bits per heavy atom. The molecule has 1 N–H and O–H groups in total. The average molecular weight is 285 g/mol. The van der Waals surface area contributed by atoms with Gasteiger partial charge in [0.1, 0.15) is 13.2 Å². The third kappa shape index (κ3) is 4.00. The maximum Gasteiger partial charge on any atom is 0.179 e. The number of nitrogens with one attached hydrogen (secondary N) is 1. The normalized spacial score (nSPS) is 13.9. The Labute approximate surface area is 119 Å². The molecule has 1 aromatic rings. The molecule has 0 atom stereocenters. The summed E-state index contributed by atoms with van der Waals surface area (Å²) in [6.45, 7) is 7.15. The molecule has 0 bridgehead atoms. The van der Waals surface area contributed by atoms with Gasteiger partial charge in [-0.05, 0) is 31.3 Å². The van der Waals surface area contributed by atoms with E-state index in [0.717, 1.165) is 37.5 Å². The van der Waals surface area contributed by atoms with E-state index < -0.39 is 0 Å². The van der Waals surface area contributed by atoms with E-state index in [0.29, 0.717) is 24.0 Å². The molecule has 0 aromatic heterocycles. The molecule has 4 nitrogen and oxygen atoms in total. The Hall–Kier alpha value is -0.970. The Bertz CT molecular complexity index is 426. The second-order valence-electron chi connectivity index (χ2n) is 4.67. The summed E-state index contributed by atoms with van der Waals surface area (Å²) in [7, 11) is 2.11. The standard InChI is InChI=1S/C14H21ClN2O2/c1-3-17(2)5-4-16-10-11-8-12(15)14-13(9-11)18-6-7-19-14/h8-9,16H,3-7,10H2,1-2H3. The van der Waals surface area contributed by atoms with Crippen molar-refractivity contribution in [2.24, 2.45) is 0 Å². The van der Waals surface area contributed by atoms with Gasteiger partial charge in [-0.15, -0.1) is 0 Å². The molecule has 19 heavy (non-hydrogen) atoms. The maximum absolute atomic E-state index is 6.19. The van der Waals surface area contributed by atoms with Crippen molar-refractivity contribution >= 4 is 11.6 Å². The number of ether oxygens (including phenoxy) is 2. The molecule has 1 heterocycles. The van der Waals surface area contributed by atoms with Gasteiger partial charge in [-0.3, -0.25) is 0 Å². The zero-order chi connectivity index (χ0) is 13.7. The van der Waals surface area contributed by atoms with Crippen LogP contribution < -0.4 is 14.8 Å². The van der Waals surface area contributed by atoms with Gasteiger partial charge in [0, 0.05) is 19.6 Å². The van der Waals surface area contributed by atoms with E-state index in [9.17, 15) is 0 Å². The molecule has 0 fully saturated rings. The SMILES string of the molecule is CCN(C)CCNCc1cc(Cl)c2c(c1)OCCO2. The monoisotopic (exact) mass is 284 g/mol. The predicted molar refractivity (Wildman–Crippen MR) is 77.3 cm³/mol. The number of halogens is 1. The lowest BCUT2D eigenvalue weighted by Crippen LogP contribution is -2.28. The second kappa shape index (κ2) is 6.98. The third-order valence-electron chi connectivity index (χ3n) is 3.20. The van der Waals surface area contributed by atoms with Crippen molar-refractivity contribution in [3.05, 3.63) is 22.7 Å². The van der Waals surface area contributed by atoms with E-state index in [1.54, 1.807) is 0 Å². The van der Waals surface area contributed by atoms with Crippen LogP contribution in [-0.4, -0.2) is 44.8 Å². The predicted octanol–water partition coefficient (Wildman–Crippen LogP) is 2.15. The smallest absolute Gasteiger partial charge is 0.179 e. The number of likely N-dealkylation sites (N-methyl/N-ethyl adjacent to an activating group) is 1. The number of nitrogens with zero attached hydrogens (tertiary/aromatic N) is 1. The lowest BCUT2D eigenvalue weighted by atomic mass is 10.2. The first-order valence-corrected chi connectivity index (χ1v) is 7.05. The molecule has 0 aliphatic carbocycles. The van der Waals surface area contributed by atoms with Crippen molar-refractivity contribution < 1.29 is 9.47 Å². The van der Waals surface area contributed by atoms with E-state index >= 15 is 0 Å². The Morgan fingerprint density at radius 3 is 2.89 bits per heavy atom. The van der Waals surface area contributed by atoms with E-state index in [1.807, 2.05) is 12.1 Å². The molecule has 1 aromatic carbocycles. The van der Waals surface area contributed by atoms with Gasteiger partial charge in [-0.1, -0.05) is 18.5 Å². The van der Waals surface area contributed by atoms with Crippen molar-refractivity contribution in [2.75, 3.05) is 39.9 Å². The van der Waals surface area contributed by atoms with Crippen molar-refractivity contribution in [3.63, 3.8) is 0 Å². The van der Waals surface area contributed by atoms with Crippen LogP contribution in [0.3, 0.4) is 0 Å². The lowest BCUT2D eigenvalue weighted by molar-refractivity contribution is 0.171. The lowest BCUT2D eigenvalue weighted by Gasteiger charge is -2.20. The van der Waals surface area contributed by atoms with E-state index in [-0.39, 0.29) is 0 Å². The summed E-state index contributed by atoms with van der Waals surface area (Å²) in [6, 6.07) is 3.93. The summed E-state index contributed by atoms with van der Waals surface area (Å²) in [5, 5.41) is 4.03. The zero-order valence-electron chi connectivity index (χ0n) is 11.5. The van der Waals surface area contributed by atoms with Crippen LogP contribution in [0.5, 0.6) is 11.5 Å². The summed E-state index contributed by atoms with van der Waals surface area (Å²) < 4.78 is 11.1. The molecule has 106 valence electrons. The second-order valence-corrected chi connectivity index (χ2v) is 5.08. The molecule has 0 saturated carbocycles. The first-order chi connectivity index (χ1) is 9.20. The van der Waals surface area contributed by atoms with Crippen molar-refractivity contribution in [1.29, 1.82) is 0 Å². The summed E-state index contributed by atoms with van der Waals surface area (Å²) in [5.74, 6) is 1.42. The minimum Gasteiger partial charge on any atom is -0.486 e. The molecular weight excluding hydrogens is 264 g/mol. The molecule has 5 heteroatoms. The van der Waals surface area contributed by atoms with Crippen LogP contribution in [0.1, 0.15) is 12.5 Å². The maximum atomic E-state index is 6.19. The first kappa shape index (κ1) is 14.4. The minimum absolute atomic E-state index is 0.563. The number of fused-ring (bicyclic) bond motifs is 1. The Morgan fingerprint density at radius 1 is 1.32 bits per heavy atom. The largest absolute Gasteiger partial charge is 0.486 e. The van der Waals surface area contributed by atoms with Crippen molar-refractivity contribution in [3.8, 4) is 11.5 Å². The fourth-order valence-corrected chi connectivity index (χ4v) is 2.21. The number of benzene rings is 1. The number of hydrogen-bond donors (Lipinski definition) is 1. The highest BCUT2D eigenvalue weighted by atomic mass is 35.5. The summed E-state index contributed by atoms with van der Waals surface area (Å²) in [6.07, 6.45) is 0. The number of hydrogen-bond acceptors (Lipinski definition) is 4. The summed E-state index contributed by atoms with van der Waals surface area (Å²) in [5.41, 5.74) is 1.12. The van der Waals surface area contributed by atoms with Crippen LogP contribution in [0.25, 0.3) is 0 Å². The van der Waals surface area contributed by atoms with Gasteiger partial charge >= 0.3 is 0 Å². The van der Waals surface area contributed by atoms with Crippen molar-refractivity contribution in [2.45, 2.75) is 13.5 Å². The molecular formula is C14H21ClN2O2. The summed E-state index contributed by atoms with van der Waals surface area (Å²) in [4.78, 5) is 2.27. The molecule has 0 amide bonds. The molecule has 0 unspecified atom stereocenters. The average Bonchev–Trinajstić information content (AvgIpc) is 2.43. The van der Waals surface area contributed by atoms with E-state index in [2.05, 4.69) is 24.2 Å². The van der Waals surface area contributed by atoms with E-state index in [4.69, 9.17) is 21.1 Å². The Kier molecular flexibility index (Phi) is 5.31. The molecule has 1 aliphatic heterocycles. The highest BCUT2D eigenvalue weighted by molar-refractivity contribution is 6.32. The highest BCUT2D eigenvalue weighted by Gasteiger charge is 2.16. The van der Waals surface area contributed by atoms with Gasteiger partial charge < -0.3 is 19.7 Å². The molecule has 0 spiro atoms. The van der Waals surface area contributed by atoms with Gasteiger partial charge in [0.25, 0.3) is 0 Å². The van der Waals surface area contributed by atoms with E-state index in [1.165, 1.54) is 0 Å². The van der Waals surface area contributed by atoms with Crippen LogP contribution in [0.2, 0.25) is 5.02 Å². The minimum atomic E-state index is 0.563. The molecule has 0 saturated heterocycles. The summed E-state index contributed by atoms with van der Waals surface area (Å²) >= 11 is 6.19.